The lowest BCUT2D eigenvalue weighted by Crippen LogP contribution is -2.43. The van der Waals surface area contributed by atoms with E-state index in [1.54, 1.807) is 18.2 Å². The molecule has 2 N–H and O–H groups in total. The predicted molar refractivity (Wildman–Crippen MR) is 110 cm³/mol. The summed E-state index contributed by atoms with van der Waals surface area (Å²) in [5.41, 5.74) is 0.948. The van der Waals surface area contributed by atoms with E-state index in [9.17, 15) is 18.0 Å². The molecule has 0 bridgehead atoms. The zero-order valence-corrected chi connectivity index (χ0v) is 18.1. The number of aromatic nitrogens is 2. The van der Waals surface area contributed by atoms with Gasteiger partial charge in [0.1, 0.15) is 15.9 Å². The van der Waals surface area contributed by atoms with Crippen LogP contribution in [-0.2, 0) is 19.6 Å². The SMILES string of the molecule is CC(C)NC(=O)CCNC(=O)C1CCN(S(=O)(=O)c2cccc3nsnc23)CC1. The van der Waals surface area contributed by atoms with Crippen LogP contribution in [0.3, 0.4) is 0 Å². The lowest BCUT2D eigenvalue weighted by molar-refractivity contribution is -0.126. The number of rotatable bonds is 7. The number of piperidine rings is 1. The van der Waals surface area contributed by atoms with E-state index >= 15 is 0 Å². The molecule has 1 aliphatic rings. The van der Waals surface area contributed by atoms with Crippen molar-refractivity contribution in [3.8, 4) is 0 Å². The Kier molecular flexibility index (Phi) is 6.81. The summed E-state index contributed by atoms with van der Waals surface area (Å²) in [5, 5.41) is 5.55. The van der Waals surface area contributed by atoms with E-state index in [-0.39, 0.29) is 54.7 Å². The first-order valence-corrected chi connectivity index (χ1v) is 11.7. The Morgan fingerprint density at radius 2 is 1.97 bits per heavy atom. The highest BCUT2D eigenvalue weighted by Gasteiger charge is 2.33. The fraction of sp³-hybridized carbons (Fsp3) is 0.556. The van der Waals surface area contributed by atoms with Crippen LogP contribution in [0.4, 0.5) is 0 Å². The van der Waals surface area contributed by atoms with Gasteiger partial charge in [0.2, 0.25) is 21.8 Å². The molecule has 29 heavy (non-hydrogen) atoms. The Morgan fingerprint density at radius 1 is 1.24 bits per heavy atom. The van der Waals surface area contributed by atoms with Crippen LogP contribution in [-0.4, -0.2) is 59.0 Å². The van der Waals surface area contributed by atoms with E-state index in [1.807, 2.05) is 13.8 Å². The van der Waals surface area contributed by atoms with Crippen LogP contribution in [0.15, 0.2) is 23.1 Å². The van der Waals surface area contributed by atoms with Crippen molar-refractivity contribution < 1.29 is 18.0 Å². The second-order valence-electron chi connectivity index (χ2n) is 7.33. The Labute approximate surface area is 174 Å². The van der Waals surface area contributed by atoms with Crippen molar-refractivity contribution in [3.05, 3.63) is 18.2 Å². The van der Waals surface area contributed by atoms with Gasteiger partial charge in [-0.3, -0.25) is 9.59 Å². The first-order chi connectivity index (χ1) is 13.8. The summed E-state index contributed by atoms with van der Waals surface area (Å²) < 4.78 is 35.7. The summed E-state index contributed by atoms with van der Waals surface area (Å²) in [6.45, 7) is 4.56. The van der Waals surface area contributed by atoms with E-state index in [1.165, 1.54) is 4.31 Å². The molecule has 1 aromatic carbocycles. The largest absolute Gasteiger partial charge is 0.355 e. The predicted octanol–water partition coefficient (Wildman–Crippen LogP) is 1.12. The standard InChI is InChI=1S/C18H25N5O4S2/c1-12(2)20-16(24)6-9-19-18(25)13-7-10-23(11-8-13)29(26,27)15-5-3-4-14-17(15)22-28-21-14/h3-5,12-13H,6-11H2,1-2H3,(H,19,25)(H,20,24). The maximum atomic E-state index is 13.0. The quantitative estimate of drug-likeness (QED) is 0.667. The molecule has 2 aromatic rings. The summed E-state index contributed by atoms with van der Waals surface area (Å²) in [7, 11) is -3.69. The van der Waals surface area contributed by atoms with Crippen LogP contribution in [0, 0.1) is 5.92 Å². The van der Waals surface area contributed by atoms with Crippen LogP contribution >= 0.6 is 11.7 Å². The molecule has 1 aromatic heterocycles. The molecule has 2 heterocycles. The van der Waals surface area contributed by atoms with Gasteiger partial charge in [-0.25, -0.2) is 8.42 Å². The number of amides is 2. The number of carbonyl (C=O) groups is 2. The van der Waals surface area contributed by atoms with Gasteiger partial charge in [0.15, 0.2) is 0 Å². The normalized spacial score (nSPS) is 16.2. The highest BCUT2D eigenvalue weighted by Crippen LogP contribution is 2.28. The summed E-state index contributed by atoms with van der Waals surface area (Å²) in [4.78, 5) is 24.1. The summed E-state index contributed by atoms with van der Waals surface area (Å²) in [6.07, 6.45) is 1.10. The van der Waals surface area contributed by atoms with Crippen LogP contribution in [0.25, 0.3) is 11.0 Å². The molecule has 2 amide bonds. The number of benzene rings is 1. The average molecular weight is 440 g/mol. The topological polar surface area (TPSA) is 121 Å². The molecule has 0 atom stereocenters. The molecule has 0 aliphatic carbocycles. The van der Waals surface area contributed by atoms with Crippen LogP contribution in [0.5, 0.6) is 0 Å². The number of hydrogen-bond acceptors (Lipinski definition) is 7. The summed E-state index contributed by atoms with van der Waals surface area (Å²) in [6, 6.07) is 5.00. The molecular weight excluding hydrogens is 414 g/mol. The van der Waals surface area contributed by atoms with Gasteiger partial charge in [-0.2, -0.15) is 13.1 Å². The van der Waals surface area contributed by atoms with Crippen LogP contribution in [0.2, 0.25) is 0 Å². The van der Waals surface area contributed by atoms with Crippen LogP contribution < -0.4 is 10.6 Å². The average Bonchev–Trinajstić information content (AvgIpc) is 3.16. The Balaban J connectivity index is 1.54. The van der Waals surface area contributed by atoms with Gasteiger partial charge in [-0.05, 0) is 38.8 Å². The number of nitrogens with zero attached hydrogens (tertiary/aromatic N) is 3. The van der Waals surface area contributed by atoms with Crippen molar-refractivity contribution in [1.29, 1.82) is 0 Å². The zero-order chi connectivity index (χ0) is 21.0. The van der Waals surface area contributed by atoms with Crippen molar-refractivity contribution in [2.75, 3.05) is 19.6 Å². The summed E-state index contributed by atoms with van der Waals surface area (Å²) >= 11 is 0.982. The molecule has 1 aliphatic heterocycles. The van der Waals surface area contributed by atoms with Gasteiger partial charge in [0, 0.05) is 38.0 Å². The lowest BCUT2D eigenvalue weighted by Gasteiger charge is -2.30. The smallest absolute Gasteiger partial charge is 0.245 e. The third kappa shape index (κ3) is 5.09. The zero-order valence-electron chi connectivity index (χ0n) is 16.4. The Morgan fingerprint density at radius 3 is 2.66 bits per heavy atom. The first-order valence-electron chi connectivity index (χ1n) is 9.57. The minimum Gasteiger partial charge on any atom is -0.355 e. The second kappa shape index (κ2) is 9.14. The van der Waals surface area contributed by atoms with Crippen molar-refractivity contribution in [2.45, 2.75) is 44.0 Å². The molecule has 0 spiro atoms. The Bertz CT molecular complexity index is 981. The molecule has 0 unspecified atom stereocenters. The summed E-state index contributed by atoms with van der Waals surface area (Å²) in [5.74, 6) is -0.497. The van der Waals surface area contributed by atoms with E-state index in [0.717, 1.165) is 11.7 Å². The van der Waals surface area contributed by atoms with Gasteiger partial charge >= 0.3 is 0 Å². The van der Waals surface area contributed by atoms with E-state index in [4.69, 9.17) is 0 Å². The molecular formula is C18H25N5O4S2. The highest BCUT2D eigenvalue weighted by atomic mass is 32.2. The van der Waals surface area contributed by atoms with Crippen molar-refractivity contribution >= 4 is 44.6 Å². The molecule has 9 nitrogen and oxygen atoms in total. The van der Waals surface area contributed by atoms with Crippen LogP contribution in [0.1, 0.15) is 33.1 Å². The van der Waals surface area contributed by atoms with E-state index < -0.39 is 10.0 Å². The fourth-order valence-corrected chi connectivity index (χ4v) is 5.55. The first kappa shape index (κ1) is 21.6. The maximum absolute atomic E-state index is 13.0. The Hall–Kier alpha value is -2.11. The fourth-order valence-electron chi connectivity index (χ4n) is 3.32. The van der Waals surface area contributed by atoms with E-state index in [2.05, 4.69) is 19.4 Å². The van der Waals surface area contributed by atoms with Gasteiger partial charge < -0.3 is 10.6 Å². The molecule has 158 valence electrons. The second-order valence-corrected chi connectivity index (χ2v) is 9.76. The van der Waals surface area contributed by atoms with Crippen molar-refractivity contribution in [3.63, 3.8) is 0 Å². The monoisotopic (exact) mass is 439 g/mol. The number of fused-ring (bicyclic) bond motifs is 1. The van der Waals surface area contributed by atoms with Crippen molar-refractivity contribution in [1.82, 2.24) is 23.7 Å². The number of hydrogen-bond donors (Lipinski definition) is 2. The highest BCUT2D eigenvalue weighted by molar-refractivity contribution is 7.89. The van der Waals surface area contributed by atoms with Gasteiger partial charge in [-0.1, -0.05) is 6.07 Å². The molecule has 0 saturated carbocycles. The molecule has 3 rings (SSSR count). The molecule has 0 radical (unpaired) electrons. The minimum atomic E-state index is -3.69. The number of carbonyl (C=O) groups excluding carboxylic acids is 2. The third-order valence-electron chi connectivity index (χ3n) is 4.79. The van der Waals surface area contributed by atoms with Crippen molar-refractivity contribution in [2.24, 2.45) is 5.92 Å². The molecule has 1 saturated heterocycles. The maximum Gasteiger partial charge on any atom is 0.245 e. The van der Waals surface area contributed by atoms with Gasteiger partial charge in [0.05, 0.1) is 11.7 Å². The van der Waals surface area contributed by atoms with Gasteiger partial charge in [-0.15, -0.1) is 0 Å². The number of nitrogens with one attached hydrogen (secondary N) is 2. The van der Waals surface area contributed by atoms with Gasteiger partial charge in [0.25, 0.3) is 0 Å². The lowest BCUT2D eigenvalue weighted by atomic mass is 9.97. The minimum absolute atomic E-state index is 0.0652. The van der Waals surface area contributed by atoms with E-state index in [0.29, 0.717) is 23.9 Å². The molecule has 1 fully saturated rings. The number of sulfonamides is 1. The third-order valence-corrected chi connectivity index (χ3v) is 7.27. The molecule has 11 heteroatoms.